The average molecular weight is 384 g/mol. The summed E-state index contributed by atoms with van der Waals surface area (Å²) in [7, 11) is 0. The summed E-state index contributed by atoms with van der Waals surface area (Å²) in [6.45, 7) is 3.06. The highest BCUT2D eigenvalue weighted by atomic mass is 35.5. The molecule has 27 heavy (non-hydrogen) atoms. The Bertz CT molecular complexity index is 817. The van der Waals surface area contributed by atoms with Crippen LogP contribution < -0.4 is 10.2 Å². The number of hydrogen-bond acceptors (Lipinski definition) is 3. The zero-order chi connectivity index (χ0) is 18.8. The maximum absolute atomic E-state index is 12.7. The van der Waals surface area contributed by atoms with Gasteiger partial charge in [0.1, 0.15) is 0 Å². The van der Waals surface area contributed by atoms with E-state index in [1.54, 1.807) is 24.3 Å². The number of rotatable bonds is 4. The number of piperazine rings is 1. The second-order valence-corrected chi connectivity index (χ2v) is 7.53. The van der Waals surface area contributed by atoms with Gasteiger partial charge in [-0.1, -0.05) is 29.8 Å². The number of anilines is 2. The highest BCUT2D eigenvalue weighted by molar-refractivity contribution is 6.30. The van der Waals surface area contributed by atoms with Gasteiger partial charge in [0.25, 0.3) is 0 Å². The van der Waals surface area contributed by atoms with Crippen LogP contribution in [-0.2, 0) is 9.59 Å². The van der Waals surface area contributed by atoms with Gasteiger partial charge in [-0.25, -0.2) is 0 Å². The summed E-state index contributed by atoms with van der Waals surface area (Å²) in [5, 5.41) is 3.50. The van der Waals surface area contributed by atoms with Crippen LogP contribution in [0.4, 0.5) is 11.4 Å². The van der Waals surface area contributed by atoms with Gasteiger partial charge in [-0.3, -0.25) is 9.59 Å². The van der Waals surface area contributed by atoms with E-state index in [1.165, 1.54) is 5.69 Å². The molecule has 5 nitrogen and oxygen atoms in total. The largest absolute Gasteiger partial charge is 0.368 e. The quantitative estimate of drug-likeness (QED) is 0.881. The molecule has 0 spiro atoms. The van der Waals surface area contributed by atoms with Crippen molar-refractivity contribution in [2.75, 3.05) is 36.4 Å². The maximum atomic E-state index is 12.7. The summed E-state index contributed by atoms with van der Waals surface area (Å²) >= 11 is 5.86. The fraction of sp³-hybridized carbons (Fsp3) is 0.333. The second-order valence-electron chi connectivity index (χ2n) is 7.09. The zero-order valence-corrected chi connectivity index (χ0v) is 15.7. The molecule has 1 aliphatic heterocycles. The van der Waals surface area contributed by atoms with Gasteiger partial charge in [-0.05, 0) is 42.8 Å². The van der Waals surface area contributed by atoms with Crippen LogP contribution in [0.2, 0.25) is 5.02 Å². The van der Waals surface area contributed by atoms with Gasteiger partial charge in [-0.2, -0.15) is 0 Å². The summed E-state index contributed by atoms with van der Waals surface area (Å²) in [5.41, 5.74) is 1.90. The molecule has 2 atom stereocenters. The van der Waals surface area contributed by atoms with Crippen LogP contribution in [0.15, 0.2) is 54.6 Å². The normalized spacial score (nSPS) is 21.7. The molecule has 2 aromatic carbocycles. The minimum Gasteiger partial charge on any atom is -0.368 e. The monoisotopic (exact) mass is 383 g/mol. The van der Waals surface area contributed by atoms with E-state index in [-0.39, 0.29) is 23.7 Å². The van der Waals surface area contributed by atoms with Gasteiger partial charge in [0.05, 0.1) is 11.8 Å². The molecule has 0 aromatic heterocycles. The van der Waals surface area contributed by atoms with Gasteiger partial charge in [0.2, 0.25) is 11.8 Å². The Morgan fingerprint density at radius 1 is 0.889 bits per heavy atom. The third kappa shape index (κ3) is 4.08. The Labute approximate surface area is 163 Å². The first-order valence-electron chi connectivity index (χ1n) is 9.27. The number of nitrogens with one attached hydrogen (secondary N) is 1. The van der Waals surface area contributed by atoms with E-state index < -0.39 is 0 Å². The molecule has 1 N–H and O–H groups in total. The molecule has 2 amide bonds. The second kappa shape index (κ2) is 7.61. The minimum atomic E-state index is -0.222. The van der Waals surface area contributed by atoms with Crippen molar-refractivity contribution in [1.29, 1.82) is 0 Å². The summed E-state index contributed by atoms with van der Waals surface area (Å²) in [6.07, 6.45) is 0.636. The van der Waals surface area contributed by atoms with Crippen LogP contribution in [0.25, 0.3) is 0 Å². The van der Waals surface area contributed by atoms with Crippen LogP contribution in [-0.4, -0.2) is 42.9 Å². The Morgan fingerprint density at radius 3 is 2.22 bits per heavy atom. The number of amides is 2. The molecule has 1 saturated carbocycles. The summed E-state index contributed by atoms with van der Waals surface area (Å²) in [6, 6.07) is 17.3. The van der Waals surface area contributed by atoms with Crippen LogP contribution in [0.1, 0.15) is 6.42 Å². The maximum Gasteiger partial charge on any atom is 0.228 e. The van der Waals surface area contributed by atoms with E-state index in [9.17, 15) is 9.59 Å². The SMILES string of the molecule is O=C(Nc1ccc(Cl)cc1)C1CC1C(=O)N1CCN(c2ccccc2)CC1. The van der Waals surface area contributed by atoms with Gasteiger partial charge in [0.15, 0.2) is 0 Å². The molecule has 1 aliphatic carbocycles. The number of para-hydroxylation sites is 1. The third-order valence-electron chi connectivity index (χ3n) is 5.27. The third-order valence-corrected chi connectivity index (χ3v) is 5.52. The summed E-state index contributed by atoms with van der Waals surface area (Å²) in [4.78, 5) is 29.3. The predicted molar refractivity (Wildman–Crippen MR) is 107 cm³/mol. The Morgan fingerprint density at radius 2 is 1.56 bits per heavy atom. The first-order chi connectivity index (χ1) is 13.1. The molecule has 2 fully saturated rings. The molecule has 2 unspecified atom stereocenters. The first-order valence-corrected chi connectivity index (χ1v) is 9.65. The number of hydrogen-bond donors (Lipinski definition) is 1. The average Bonchev–Trinajstić information content (AvgIpc) is 3.51. The molecule has 2 aromatic rings. The Balaban J connectivity index is 1.27. The van der Waals surface area contributed by atoms with Gasteiger partial charge in [-0.15, -0.1) is 0 Å². The van der Waals surface area contributed by atoms with Crippen LogP contribution >= 0.6 is 11.6 Å². The summed E-state index contributed by atoms with van der Waals surface area (Å²) in [5.74, 6) is -0.376. The highest BCUT2D eigenvalue weighted by Gasteiger charge is 2.49. The van der Waals surface area contributed by atoms with Crippen molar-refractivity contribution in [2.45, 2.75) is 6.42 Å². The summed E-state index contributed by atoms with van der Waals surface area (Å²) < 4.78 is 0. The fourth-order valence-electron chi connectivity index (χ4n) is 3.58. The van der Waals surface area contributed by atoms with Crippen LogP contribution in [0.5, 0.6) is 0 Å². The van der Waals surface area contributed by atoms with Crippen LogP contribution in [0, 0.1) is 11.8 Å². The molecule has 1 heterocycles. The molecule has 1 saturated heterocycles. The Kier molecular flexibility index (Phi) is 5.03. The lowest BCUT2D eigenvalue weighted by atomic mass is 10.2. The zero-order valence-electron chi connectivity index (χ0n) is 15.0. The molecule has 4 rings (SSSR count). The van der Waals surface area contributed by atoms with E-state index in [2.05, 4.69) is 22.3 Å². The van der Waals surface area contributed by atoms with E-state index in [0.29, 0.717) is 30.2 Å². The van der Waals surface area contributed by atoms with Crippen molar-refractivity contribution in [2.24, 2.45) is 11.8 Å². The van der Waals surface area contributed by atoms with Crippen molar-refractivity contribution in [3.05, 3.63) is 59.6 Å². The van der Waals surface area contributed by atoms with Crippen molar-refractivity contribution < 1.29 is 9.59 Å². The van der Waals surface area contributed by atoms with Crippen molar-refractivity contribution in [1.82, 2.24) is 4.90 Å². The van der Waals surface area contributed by atoms with Gasteiger partial charge in [0, 0.05) is 42.6 Å². The molecule has 6 heteroatoms. The predicted octanol–water partition coefficient (Wildman–Crippen LogP) is 3.26. The molecular formula is C21H22ClN3O2. The standard InChI is InChI=1S/C21H22ClN3O2/c22-15-6-8-16(9-7-15)23-20(26)18-14-19(18)21(27)25-12-10-24(11-13-25)17-4-2-1-3-5-17/h1-9,18-19H,10-14H2,(H,23,26). The number of nitrogens with zero attached hydrogens (tertiary/aromatic N) is 2. The lowest BCUT2D eigenvalue weighted by molar-refractivity contribution is -0.134. The van der Waals surface area contributed by atoms with Crippen LogP contribution in [0.3, 0.4) is 0 Å². The highest BCUT2D eigenvalue weighted by Crippen LogP contribution is 2.41. The number of carbonyl (C=O) groups is 2. The Hall–Kier alpha value is -2.53. The number of benzene rings is 2. The van der Waals surface area contributed by atoms with Crippen molar-refractivity contribution in [3.63, 3.8) is 0 Å². The van der Waals surface area contributed by atoms with E-state index in [1.807, 2.05) is 23.1 Å². The fourth-order valence-corrected chi connectivity index (χ4v) is 3.71. The smallest absolute Gasteiger partial charge is 0.228 e. The van der Waals surface area contributed by atoms with E-state index in [4.69, 9.17) is 11.6 Å². The van der Waals surface area contributed by atoms with Gasteiger partial charge >= 0.3 is 0 Å². The first kappa shape index (κ1) is 17.9. The molecular weight excluding hydrogens is 362 g/mol. The van der Waals surface area contributed by atoms with Crippen molar-refractivity contribution in [3.8, 4) is 0 Å². The number of carbonyl (C=O) groups excluding carboxylic acids is 2. The molecule has 0 radical (unpaired) electrons. The number of halogens is 1. The lowest BCUT2D eigenvalue weighted by Crippen LogP contribution is -2.49. The molecule has 2 aliphatic rings. The molecule has 0 bridgehead atoms. The topological polar surface area (TPSA) is 52.7 Å². The molecule has 140 valence electrons. The van der Waals surface area contributed by atoms with Crippen molar-refractivity contribution >= 4 is 34.8 Å². The minimum absolute atomic E-state index is 0.0846. The lowest BCUT2D eigenvalue weighted by Gasteiger charge is -2.36. The van der Waals surface area contributed by atoms with Gasteiger partial charge < -0.3 is 15.1 Å². The van der Waals surface area contributed by atoms with E-state index in [0.717, 1.165) is 13.1 Å². The van der Waals surface area contributed by atoms with E-state index >= 15 is 0 Å².